The molecule has 0 unspecified atom stereocenters. The topological polar surface area (TPSA) is 49.4 Å². The molecule has 0 bridgehead atoms. The average molecular weight is 218 g/mol. The SMILES string of the molecule is O=S1(=O)CCNCCN1C1CCCC1. The van der Waals surface area contributed by atoms with Crippen molar-refractivity contribution in [2.24, 2.45) is 0 Å². The van der Waals surface area contributed by atoms with Crippen molar-refractivity contribution < 1.29 is 8.42 Å². The van der Waals surface area contributed by atoms with Crippen LogP contribution in [0.2, 0.25) is 0 Å². The van der Waals surface area contributed by atoms with Crippen molar-refractivity contribution in [1.82, 2.24) is 9.62 Å². The minimum absolute atomic E-state index is 0.267. The molecule has 1 heterocycles. The maximum Gasteiger partial charge on any atom is 0.215 e. The van der Waals surface area contributed by atoms with Crippen molar-refractivity contribution in [2.45, 2.75) is 31.7 Å². The summed E-state index contributed by atoms with van der Waals surface area (Å²) in [4.78, 5) is 0. The molecule has 14 heavy (non-hydrogen) atoms. The molecule has 1 saturated heterocycles. The van der Waals surface area contributed by atoms with Crippen LogP contribution in [0.1, 0.15) is 25.7 Å². The Morgan fingerprint density at radius 1 is 1.14 bits per heavy atom. The second-order valence-electron chi connectivity index (χ2n) is 4.12. The first-order valence-electron chi connectivity index (χ1n) is 5.40. The molecule has 1 N–H and O–H groups in total. The van der Waals surface area contributed by atoms with Gasteiger partial charge in [-0.3, -0.25) is 0 Å². The molecule has 0 aromatic carbocycles. The molecule has 1 aliphatic carbocycles. The van der Waals surface area contributed by atoms with Crippen LogP contribution in [0.25, 0.3) is 0 Å². The van der Waals surface area contributed by atoms with Crippen LogP contribution >= 0.6 is 0 Å². The molecule has 2 fully saturated rings. The van der Waals surface area contributed by atoms with E-state index in [1.54, 1.807) is 4.31 Å². The lowest BCUT2D eigenvalue weighted by Gasteiger charge is -2.25. The molecule has 0 radical (unpaired) electrons. The number of nitrogens with one attached hydrogen (secondary N) is 1. The van der Waals surface area contributed by atoms with E-state index in [9.17, 15) is 8.42 Å². The number of hydrogen-bond donors (Lipinski definition) is 1. The second kappa shape index (κ2) is 4.16. The first-order valence-corrected chi connectivity index (χ1v) is 7.01. The summed E-state index contributed by atoms with van der Waals surface area (Å²) in [5.41, 5.74) is 0. The Morgan fingerprint density at radius 3 is 2.57 bits per heavy atom. The summed E-state index contributed by atoms with van der Waals surface area (Å²) in [5, 5.41) is 3.14. The van der Waals surface area contributed by atoms with Crippen LogP contribution in [0, 0.1) is 0 Å². The van der Waals surface area contributed by atoms with Crippen molar-refractivity contribution in [3.8, 4) is 0 Å². The monoisotopic (exact) mass is 218 g/mol. The van der Waals surface area contributed by atoms with Crippen LogP contribution in [0.15, 0.2) is 0 Å². The smallest absolute Gasteiger partial charge is 0.215 e. The first kappa shape index (κ1) is 10.4. The van der Waals surface area contributed by atoms with Gasteiger partial charge < -0.3 is 5.32 Å². The van der Waals surface area contributed by atoms with E-state index in [0.717, 1.165) is 19.4 Å². The predicted molar refractivity (Wildman–Crippen MR) is 55.6 cm³/mol. The lowest BCUT2D eigenvalue weighted by Crippen LogP contribution is -2.40. The van der Waals surface area contributed by atoms with Gasteiger partial charge in [0.15, 0.2) is 0 Å². The summed E-state index contributed by atoms with van der Waals surface area (Å²) < 4.78 is 25.5. The van der Waals surface area contributed by atoms with Crippen molar-refractivity contribution in [3.05, 3.63) is 0 Å². The Hall–Kier alpha value is -0.130. The molecule has 82 valence electrons. The van der Waals surface area contributed by atoms with Crippen LogP contribution in [0.3, 0.4) is 0 Å². The van der Waals surface area contributed by atoms with Crippen LogP contribution in [0.5, 0.6) is 0 Å². The van der Waals surface area contributed by atoms with E-state index in [0.29, 0.717) is 19.1 Å². The molecule has 2 rings (SSSR count). The fourth-order valence-electron chi connectivity index (χ4n) is 2.37. The van der Waals surface area contributed by atoms with E-state index in [-0.39, 0.29) is 5.75 Å². The fourth-order valence-corrected chi connectivity index (χ4v) is 4.05. The Labute approximate surface area is 85.7 Å². The zero-order valence-corrected chi connectivity index (χ0v) is 9.22. The van der Waals surface area contributed by atoms with E-state index >= 15 is 0 Å². The zero-order valence-electron chi connectivity index (χ0n) is 8.41. The molecular weight excluding hydrogens is 200 g/mol. The highest BCUT2D eigenvalue weighted by molar-refractivity contribution is 7.89. The predicted octanol–water partition coefficient (Wildman–Crippen LogP) is 0.164. The minimum atomic E-state index is -2.97. The molecule has 1 aliphatic heterocycles. The van der Waals surface area contributed by atoms with E-state index in [1.807, 2.05) is 0 Å². The third-order valence-corrected chi connectivity index (χ3v) is 5.05. The summed E-state index contributed by atoms with van der Waals surface area (Å²) in [7, 11) is -2.97. The highest BCUT2D eigenvalue weighted by Gasteiger charge is 2.32. The molecule has 0 aromatic heterocycles. The van der Waals surface area contributed by atoms with Gasteiger partial charge in [-0.25, -0.2) is 8.42 Å². The van der Waals surface area contributed by atoms with Crippen molar-refractivity contribution >= 4 is 10.0 Å². The fraction of sp³-hybridized carbons (Fsp3) is 1.00. The summed E-state index contributed by atoms with van der Waals surface area (Å²) in [6, 6.07) is 0.292. The van der Waals surface area contributed by atoms with Crippen LogP contribution in [0.4, 0.5) is 0 Å². The molecule has 2 aliphatic rings. The minimum Gasteiger partial charge on any atom is -0.314 e. The van der Waals surface area contributed by atoms with Gasteiger partial charge >= 0.3 is 0 Å². The highest BCUT2D eigenvalue weighted by atomic mass is 32.2. The van der Waals surface area contributed by atoms with Crippen LogP contribution in [-0.4, -0.2) is 44.2 Å². The van der Waals surface area contributed by atoms with Gasteiger partial charge in [-0.15, -0.1) is 0 Å². The van der Waals surface area contributed by atoms with Gasteiger partial charge in [-0.2, -0.15) is 4.31 Å². The van der Waals surface area contributed by atoms with Gasteiger partial charge in [0.05, 0.1) is 5.75 Å². The van der Waals surface area contributed by atoms with E-state index in [1.165, 1.54) is 12.8 Å². The van der Waals surface area contributed by atoms with Gasteiger partial charge in [-0.05, 0) is 12.8 Å². The summed E-state index contributed by atoms with van der Waals surface area (Å²) in [5.74, 6) is 0.267. The normalized spacial score (nSPS) is 30.3. The molecule has 5 heteroatoms. The van der Waals surface area contributed by atoms with Gasteiger partial charge in [0.1, 0.15) is 0 Å². The molecule has 1 saturated carbocycles. The third-order valence-electron chi connectivity index (χ3n) is 3.14. The molecule has 0 spiro atoms. The number of hydrogen-bond acceptors (Lipinski definition) is 3. The maximum atomic E-state index is 11.9. The first-order chi connectivity index (χ1) is 6.70. The second-order valence-corrected chi connectivity index (χ2v) is 6.16. The number of sulfonamides is 1. The lowest BCUT2D eigenvalue weighted by atomic mass is 10.2. The van der Waals surface area contributed by atoms with E-state index in [4.69, 9.17) is 0 Å². The largest absolute Gasteiger partial charge is 0.314 e. The molecule has 0 atom stereocenters. The van der Waals surface area contributed by atoms with Gasteiger partial charge in [0.2, 0.25) is 10.0 Å². The zero-order chi connectivity index (χ0) is 10.0. The lowest BCUT2D eigenvalue weighted by molar-refractivity contribution is 0.329. The summed E-state index contributed by atoms with van der Waals surface area (Å²) in [6.45, 7) is 2.06. The number of rotatable bonds is 1. The average Bonchev–Trinajstić information content (AvgIpc) is 2.57. The number of nitrogens with zero attached hydrogens (tertiary/aromatic N) is 1. The summed E-state index contributed by atoms with van der Waals surface area (Å²) in [6.07, 6.45) is 4.48. The third kappa shape index (κ3) is 2.10. The molecule has 4 nitrogen and oxygen atoms in total. The Balaban J connectivity index is 2.12. The summed E-state index contributed by atoms with van der Waals surface area (Å²) >= 11 is 0. The van der Waals surface area contributed by atoms with Gasteiger partial charge in [0, 0.05) is 25.7 Å². The highest BCUT2D eigenvalue weighted by Crippen LogP contribution is 2.25. The van der Waals surface area contributed by atoms with E-state index in [2.05, 4.69) is 5.32 Å². The Bertz CT molecular complexity index is 283. The molecule has 0 amide bonds. The molecule has 0 aromatic rings. The maximum absolute atomic E-state index is 11.9. The van der Waals surface area contributed by atoms with Crippen molar-refractivity contribution in [3.63, 3.8) is 0 Å². The van der Waals surface area contributed by atoms with Crippen LogP contribution in [-0.2, 0) is 10.0 Å². The van der Waals surface area contributed by atoms with Crippen LogP contribution < -0.4 is 5.32 Å². The molecular formula is C9H18N2O2S. The van der Waals surface area contributed by atoms with Gasteiger partial charge in [-0.1, -0.05) is 12.8 Å². The van der Waals surface area contributed by atoms with Gasteiger partial charge in [0.25, 0.3) is 0 Å². The van der Waals surface area contributed by atoms with Crippen molar-refractivity contribution in [2.75, 3.05) is 25.4 Å². The standard InChI is InChI=1S/C9H18N2O2S/c12-14(13)8-6-10-5-7-11(14)9-3-1-2-4-9/h9-10H,1-8H2. The Morgan fingerprint density at radius 2 is 1.86 bits per heavy atom. The Kier molecular flexibility index (Phi) is 3.09. The van der Waals surface area contributed by atoms with Crippen molar-refractivity contribution in [1.29, 1.82) is 0 Å². The quantitative estimate of drug-likeness (QED) is 0.682. The van der Waals surface area contributed by atoms with E-state index < -0.39 is 10.0 Å².